The summed E-state index contributed by atoms with van der Waals surface area (Å²) in [6, 6.07) is 10.1. The first kappa shape index (κ1) is 10.6. The second kappa shape index (κ2) is 4.71. The molecule has 1 aliphatic rings. The largest absolute Gasteiger partial charge is 0.342 e. The van der Waals surface area contributed by atoms with Crippen molar-refractivity contribution in [3.05, 3.63) is 30.3 Å². The molecule has 3 heteroatoms. The third kappa shape index (κ3) is 2.53. The lowest BCUT2D eigenvalue weighted by Crippen LogP contribution is -2.45. The molecule has 2 nitrogen and oxygen atoms in total. The van der Waals surface area contributed by atoms with Crippen LogP contribution < -0.4 is 0 Å². The third-order valence-electron chi connectivity index (χ3n) is 2.57. The molecule has 2 rings (SSSR count). The molecule has 1 aliphatic heterocycles. The van der Waals surface area contributed by atoms with Crippen molar-refractivity contribution in [1.29, 1.82) is 0 Å². The van der Waals surface area contributed by atoms with Crippen LogP contribution in [0.1, 0.15) is 13.3 Å². The van der Waals surface area contributed by atoms with Crippen molar-refractivity contribution >= 4 is 17.7 Å². The average Bonchev–Trinajstić information content (AvgIpc) is 2.16. The van der Waals surface area contributed by atoms with E-state index < -0.39 is 0 Å². The fourth-order valence-corrected chi connectivity index (χ4v) is 2.52. The lowest BCUT2D eigenvalue weighted by Gasteiger charge is -2.32. The summed E-state index contributed by atoms with van der Waals surface area (Å²) in [6.07, 6.45) is 1.16. The van der Waals surface area contributed by atoms with Gasteiger partial charge in [-0.1, -0.05) is 18.2 Å². The van der Waals surface area contributed by atoms with E-state index in [1.807, 2.05) is 42.2 Å². The molecule has 1 atom stereocenters. The van der Waals surface area contributed by atoms with Crippen molar-refractivity contribution < 1.29 is 4.79 Å². The lowest BCUT2D eigenvalue weighted by atomic mass is 10.2. The smallest absolute Gasteiger partial charge is 0.235 e. The molecule has 1 saturated heterocycles. The summed E-state index contributed by atoms with van der Waals surface area (Å²) in [5.41, 5.74) is 0. The zero-order chi connectivity index (χ0) is 10.7. The molecule has 0 saturated carbocycles. The molecule has 1 fully saturated rings. The van der Waals surface area contributed by atoms with E-state index in [0.29, 0.717) is 0 Å². The Morgan fingerprint density at radius 1 is 1.33 bits per heavy atom. The van der Waals surface area contributed by atoms with Gasteiger partial charge in [0, 0.05) is 18.0 Å². The molecular weight excluding hydrogens is 206 g/mol. The predicted octanol–water partition coefficient (Wildman–Crippen LogP) is 2.40. The van der Waals surface area contributed by atoms with Gasteiger partial charge in [-0.2, -0.15) is 0 Å². The normalized spacial score (nSPS) is 17.0. The van der Waals surface area contributed by atoms with Crippen LogP contribution in [-0.4, -0.2) is 29.1 Å². The number of thioether (sulfide) groups is 1. The van der Waals surface area contributed by atoms with Gasteiger partial charge < -0.3 is 4.90 Å². The highest BCUT2D eigenvalue weighted by Gasteiger charge is 2.25. The average molecular weight is 221 g/mol. The van der Waals surface area contributed by atoms with Crippen molar-refractivity contribution in [3.8, 4) is 0 Å². The van der Waals surface area contributed by atoms with Crippen LogP contribution in [0.2, 0.25) is 0 Å². The highest BCUT2D eigenvalue weighted by atomic mass is 32.2. The van der Waals surface area contributed by atoms with Crippen LogP contribution in [0.3, 0.4) is 0 Å². The molecule has 0 aliphatic carbocycles. The van der Waals surface area contributed by atoms with Gasteiger partial charge in [-0.3, -0.25) is 4.79 Å². The maximum absolute atomic E-state index is 11.8. The molecule has 0 spiro atoms. The van der Waals surface area contributed by atoms with Crippen molar-refractivity contribution in [2.45, 2.75) is 23.5 Å². The number of nitrogens with zero attached hydrogens (tertiary/aromatic N) is 1. The third-order valence-corrected chi connectivity index (χ3v) is 3.67. The van der Waals surface area contributed by atoms with Crippen LogP contribution in [0.15, 0.2) is 35.2 Å². The van der Waals surface area contributed by atoms with Gasteiger partial charge in [0.2, 0.25) is 5.91 Å². The first-order valence-corrected chi connectivity index (χ1v) is 6.16. The van der Waals surface area contributed by atoms with Gasteiger partial charge in [0.1, 0.15) is 0 Å². The van der Waals surface area contributed by atoms with Gasteiger partial charge >= 0.3 is 0 Å². The fourth-order valence-electron chi connectivity index (χ4n) is 1.55. The van der Waals surface area contributed by atoms with E-state index in [9.17, 15) is 4.79 Å². The molecule has 0 N–H and O–H groups in total. The van der Waals surface area contributed by atoms with E-state index in [0.717, 1.165) is 19.5 Å². The minimum absolute atomic E-state index is 0.0349. The van der Waals surface area contributed by atoms with Crippen molar-refractivity contribution in [2.75, 3.05) is 13.1 Å². The van der Waals surface area contributed by atoms with Crippen molar-refractivity contribution in [2.24, 2.45) is 0 Å². The van der Waals surface area contributed by atoms with E-state index >= 15 is 0 Å². The summed E-state index contributed by atoms with van der Waals surface area (Å²) in [5.74, 6) is 0.273. The second-order valence-electron chi connectivity index (χ2n) is 3.75. The summed E-state index contributed by atoms with van der Waals surface area (Å²) < 4.78 is 0. The quantitative estimate of drug-likeness (QED) is 0.730. The second-order valence-corrected chi connectivity index (χ2v) is 5.17. The Morgan fingerprint density at radius 2 is 2.00 bits per heavy atom. The number of carbonyl (C=O) groups excluding carboxylic acids is 1. The Hall–Kier alpha value is -0.960. The van der Waals surface area contributed by atoms with E-state index in [1.54, 1.807) is 11.8 Å². The van der Waals surface area contributed by atoms with E-state index in [1.165, 1.54) is 4.90 Å². The van der Waals surface area contributed by atoms with E-state index in [4.69, 9.17) is 0 Å². The number of benzene rings is 1. The van der Waals surface area contributed by atoms with Crippen LogP contribution in [0.5, 0.6) is 0 Å². The van der Waals surface area contributed by atoms with Crippen molar-refractivity contribution in [3.63, 3.8) is 0 Å². The molecule has 0 radical (unpaired) electrons. The van der Waals surface area contributed by atoms with Gasteiger partial charge in [0.05, 0.1) is 5.25 Å². The Morgan fingerprint density at radius 3 is 2.53 bits per heavy atom. The van der Waals surface area contributed by atoms with Crippen LogP contribution in [0.25, 0.3) is 0 Å². The van der Waals surface area contributed by atoms with E-state index in [2.05, 4.69) is 0 Å². The highest BCUT2D eigenvalue weighted by molar-refractivity contribution is 8.00. The number of likely N-dealkylation sites (tertiary alicyclic amines) is 1. The molecule has 1 amide bonds. The Bertz CT molecular complexity index is 335. The maximum atomic E-state index is 11.8. The maximum Gasteiger partial charge on any atom is 0.235 e. The SMILES string of the molecule is CC(Sc1ccccc1)C(=O)N1CCC1. The van der Waals surface area contributed by atoms with Crippen LogP contribution in [-0.2, 0) is 4.79 Å². The van der Waals surface area contributed by atoms with E-state index in [-0.39, 0.29) is 11.2 Å². The van der Waals surface area contributed by atoms with Gasteiger partial charge in [-0.25, -0.2) is 0 Å². The molecule has 1 heterocycles. The van der Waals surface area contributed by atoms with Gasteiger partial charge in [0.15, 0.2) is 0 Å². The van der Waals surface area contributed by atoms with Gasteiger partial charge in [-0.15, -0.1) is 11.8 Å². The van der Waals surface area contributed by atoms with Crippen LogP contribution >= 0.6 is 11.8 Å². The molecule has 1 unspecified atom stereocenters. The number of amides is 1. The minimum Gasteiger partial charge on any atom is -0.342 e. The Balaban J connectivity index is 1.91. The molecule has 80 valence electrons. The van der Waals surface area contributed by atoms with Gasteiger partial charge in [-0.05, 0) is 25.5 Å². The topological polar surface area (TPSA) is 20.3 Å². The van der Waals surface area contributed by atoms with Crippen LogP contribution in [0.4, 0.5) is 0 Å². The number of hydrogen-bond acceptors (Lipinski definition) is 2. The first-order valence-electron chi connectivity index (χ1n) is 5.28. The number of hydrogen-bond donors (Lipinski definition) is 0. The Labute approximate surface area is 94.7 Å². The minimum atomic E-state index is 0.0349. The number of carbonyl (C=O) groups is 1. The summed E-state index contributed by atoms with van der Waals surface area (Å²) in [7, 11) is 0. The fraction of sp³-hybridized carbons (Fsp3) is 0.417. The lowest BCUT2D eigenvalue weighted by molar-refractivity contribution is -0.133. The zero-order valence-corrected chi connectivity index (χ0v) is 9.67. The predicted molar refractivity (Wildman–Crippen MR) is 63.0 cm³/mol. The molecule has 15 heavy (non-hydrogen) atoms. The zero-order valence-electron chi connectivity index (χ0n) is 8.85. The standard InChI is InChI=1S/C12H15NOS/c1-10(12(14)13-8-5-9-13)15-11-6-3-2-4-7-11/h2-4,6-7,10H,5,8-9H2,1H3. The van der Waals surface area contributed by atoms with Gasteiger partial charge in [0.25, 0.3) is 0 Å². The number of rotatable bonds is 3. The summed E-state index contributed by atoms with van der Waals surface area (Å²) in [6.45, 7) is 3.87. The van der Waals surface area contributed by atoms with Crippen molar-refractivity contribution in [1.82, 2.24) is 4.90 Å². The summed E-state index contributed by atoms with van der Waals surface area (Å²) >= 11 is 1.64. The first-order chi connectivity index (χ1) is 7.27. The van der Waals surface area contributed by atoms with Crippen LogP contribution in [0, 0.1) is 0 Å². The molecular formula is C12H15NOS. The molecule has 0 aromatic heterocycles. The monoisotopic (exact) mass is 221 g/mol. The summed E-state index contributed by atoms with van der Waals surface area (Å²) in [5, 5.41) is 0.0349. The Kier molecular flexibility index (Phi) is 3.31. The molecule has 1 aromatic rings. The molecule has 0 bridgehead atoms. The molecule has 1 aromatic carbocycles. The summed E-state index contributed by atoms with van der Waals surface area (Å²) in [4.78, 5) is 14.9. The highest BCUT2D eigenvalue weighted by Crippen LogP contribution is 2.25.